The fraction of sp³-hybridized carbons (Fsp3) is 0.882. The lowest BCUT2D eigenvalue weighted by Crippen LogP contribution is -2.15. The first-order chi connectivity index (χ1) is 10.2. The molecule has 21 heavy (non-hydrogen) atoms. The molecule has 0 amide bonds. The van der Waals surface area contributed by atoms with Gasteiger partial charge < -0.3 is 9.47 Å². The Morgan fingerprint density at radius 1 is 0.810 bits per heavy atom. The zero-order valence-corrected chi connectivity index (χ0v) is 14.0. The number of rotatable bonds is 13. The maximum atomic E-state index is 11.4. The zero-order chi connectivity index (χ0) is 15.9. The van der Waals surface area contributed by atoms with Gasteiger partial charge in [-0.25, -0.2) is 0 Å². The van der Waals surface area contributed by atoms with Crippen LogP contribution in [0.5, 0.6) is 0 Å². The van der Waals surface area contributed by atoms with E-state index in [9.17, 15) is 9.59 Å². The van der Waals surface area contributed by atoms with Crippen LogP contribution in [0.2, 0.25) is 0 Å². The van der Waals surface area contributed by atoms with E-state index in [-0.39, 0.29) is 17.9 Å². The first kappa shape index (κ1) is 19.9. The summed E-state index contributed by atoms with van der Waals surface area (Å²) < 4.78 is 9.39. The number of hydrogen-bond donors (Lipinski definition) is 0. The van der Waals surface area contributed by atoms with Crippen molar-refractivity contribution < 1.29 is 19.1 Å². The fourth-order valence-corrected chi connectivity index (χ4v) is 2.48. The molecule has 0 aromatic heterocycles. The highest BCUT2D eigenvalue weighted by Crippen LogP contribution is 2.16. The summed E-state index contributed by atoms with van der Waals surface area (Å²) in [7, 11) is 2.90. The monoisotopic (exact) mass is 300 g/mol. The molecule has 1 atom stereocenters. The van der Waals surface area contributed by atoms with Crippen LogP contribution in [0.15, 0.2) is 0 Å². The minimum atomic E-state index is -0.105. The first-order valence-corrected chi connectivity index (χ1v) is 8.30. The van der Waals surface area contributed by atoms with Crippen molar-refractivity contribution in [1.82, 2.24) is 0 Å². The Morgan fingerprint density at radius 2 is 1.33 bits per heavy atom. The van der Waals surface area contributed by atoms with Crippen molar-refractivity contribution in [2.75, 3.05) is 14.2 Å². The molecule has 0 bridgehead atoms. The predicted molar refractivity (Wildman–Crippen MR) is 84.0 cm³/mol. The molecule has 0 aromatic carbocycles. The standard InChI is InChI=1S/C17H32O4/c1-4-15(17(19)21-3)13-11-9-7-5-6-8-10-12-14-16(18)20-2/h15H,4-14H2,1-3H3. The summed E-state index contributed by atoms with van der Waals surface area (Å²) in [6, 6.07) is 0. The zero-order valence-electron chi connectivity index (χ0n) is 14.0. The van der Waals surface area contributed by atoms with Gasteiger partial charge in [0.05, 0.1) is 20.1 Å². The highest BCUT2D eigenvalue weighted by molar-refractivity contribution is 5.72. The van der Waals surface area contributed by atoms with Crippen LogP contribution in [-0.2, 0) is 19.1 Å². The summed E-state index contributed by atoms with van der Waals surface area (Å²) in [6.07, 6.45) is 11.6. The van der Waals surface area contributed by atoms with Crippen molar-refractivity contribution in [1.29, 1.82) is 0 Å². The topological polar surface area (TPSA) is 52.6 Å². The third-order valence-electron chi connectivity index (χ3n) is 3.94. The van der Waals surface area contributed by atoms with Crippen molar-refractivity contribution in [3.05, 3.63) is 0 Å². The van der Waals surface area contributed by atoms with Crippen molar-refractivity contribution in [3.63, 3.8) is 0 Å². The molecule has 0 aliphatic rings. The molecular formula is C17H32O4. The molecule has 0 N–H and O–H groups in total. The Hall–Kier alpha value is -1.06. The average molecular weight is 300 g/mol. The lowest BCUT2D eigenvalue weighted by molar-refractivity contribution is -0.146. The lowest BCUT2D eigenvalue weighted by Gasteiger charge is -2.11. The van der Waals surface area contributed by atoms with Gasteiger partial charge in [-0.15, -0.1) is 0 Å². The fourth-order valence-electron chi connectivity index (χ4n) is 2.48. The number of carbonyl (C=O) groups excluding carboxylic acids is 2. The average Bonchev–Trinajstić information content (AvgIpc) is 2.51. The van der Waals surface area contributed by atoms with Crippen LogP contribution in [-0.4, -0.2) is 26.2 Å². The van der Waals surface area contributed by atoms with Crippen LogP contribution >= 0.6 is 0 Å². The summed E-state index contributed by atoms with van der Waals surface area (Å²) in [5.41, 5.74) is 0. The summed E-state index contributed by atoms with van der Waals surface area (Å²) in [5.74, 6) is -0.0949. The maximum absolute atomic E-state index is 11.4. The molecule has 0 aromatic rings. The molecule has 1 unspecified atom stereocenters. The molecule has 124 valence electrons. The van der Waals surface area contributed by atoms with Crippen LogP contribution in [0.25, 0.3) is 0 Å². The third-order valence-corrected chi connectivity index (χ3v) is 3.94. The minimum Gasteiger partial charge on any atom is -0.469 e. The molecule has 0 aliphatic heterocycles. The van der Waals surface area contributed by atoms with E-state index in [0.29, 0.717) is 6.42 Å². The number of methoxy groups -OCH3 is 2. The highest BCUT2D eigenvalue weighted by atomic mass is 16.5. The van der Waals surface area contributed by atoms with Gasteiger partial charge >= 0.3 is 11.9 Å². The number of ether oxygens (including phenoxy) is 2. The number of hydrogen-bond acceptors (Lipinski definition) is 4. The van der Waals surface area contributed by atoms with Crippen molar-refractivity contribution in [3.8, 4) is 0 Å². The van der Waals surface area contributed by atoms with Crippen LogP contribution in [0.1, 0.15) is 77.6 Å². The Bertz CT molecular complexity index is 276. The van der Waals surface area contributed by atoms with Crippen LogP contribution < -0.4 is 0 Å². The summed E-state index contributed by atoms with van der Waals surface area (Å²) in [4.78, 5) is 22.3. The predicted octanol–water partition coefficient (Wildman–Crippen LogP) is 4.26. The first-order valence-electron chi connectivity index (χ1n) is 8.30. The van der Waals surface area contributed by atoms with E-state index in [1.165, 1.54) is 46.3 Å². The number of carbonyl (C=O) groups is 2. The smallest absolute Gasteiger partial charge is 0.308 e. The van der Waals surface area contributed by atoms with Crippen LogP contribution in [0, 0.1) is 5.92 Å². The Balaban J connectivity index is 3.32. The second kappa shape index (κ2) is 13.9. The van der Waals surface area contributed by atoms with E-state index in [4.69, 9.17) is 4.74 Å². The molecule has 0 rings (SSSR count). The Labute approximate surface area is 129 Å². The highest BCUT2D eigenvalue weighted by Gasteiger charge is 2.15. The number of esters is 2. The summed E-state index contributed by atoms with van der Waals surface area (Å²) in [5, 5.41) is 0. The van der Waals surface area contributed by atoms with Crippen molar-refractivity contribution in [2.45, 2.75) is 77.6 Å². The summed E-state index contributed by atoms with van der Waals surface area (Å²) >= 11 is 0. The van der Waals surface area contributed by atoms with E-state index in [0.717, 1.165) is 32.1 Å². The van der Waals surface area contributed by atoms with E-state index in [1.807, 2.05) is 6.92 Å². The minimum absolute atomic E-state index is 0.0666. The van der Waals surface area contributed by atoms with Crippen molar-refractivity contribution in [2.24, 2.45) is 5.92 Å². The molecule has 0 spiro atoms. The molecule has 0 saturated carbocycles. The maximum Gasteiger partial charge on any atom is 0.308 e. The van der Waals surface area contributed by atoms with Gasteiger partial charge in [-0.2, -0.15) is 0 Å². The van der Waals surface area contributed by atoms with Gasteiger partial charge in [0.15, 0.2) is 0 Å². The van der Waals surface area contributed by atoms with Gasteiger partial charge in [0.2, 0.25) is 0 Å². The number of unbranched alkanes of at least 4 members (excludes halogenated alkanes) is 7. The molecule has 0 heterocycles. The normalized spacial score (nSPS) is 12.0. The second-order valence-corrected chi connectivity index (χ2v) is 5.57. The Kier molecular flexibility index (Phi) is 13.2. The summed E-state index contributed by atoms with van der Waals surface area (Å²) in [6.45, 7) is 2.04. The molecule has 0 fully saturated rings. The molecule has 0 aliphatic carbocycles. The molecule has 4 heteroatoms. The van der Waals surface area contributed by atoms with Gasteiger partial charge in [-0.1, -0.05) is 51.9 Å². The Morgan fingerprint density at radius 3 is 1.81 bits per heavy atom. The van der Waals surface area contributed by atoms with Crippen molar-refractivity contribution >= 4 is 11.9 Å². The molecule has 0 radical (unpaired) electrons. The van der Waals surface area contributed by atoms with Crippen LogP contribution in [0.4, 0.5) is 0 Å². The lowest BCUT2D eigenvalue weighted by atomic mass is 9.98. The van der Waals surface area contributed by atoms with E-state index in [2.05, 4.69) is 4.74 Å². The third kappa shape index (κ3) is 11.3. The van der Waals surface area contributed by atoms with Gasteiger partial charge in [0, 0.05) is 6.42 Å². The van der Waals surface area contributed by atoms with Crippen LogP contribution in [0.3, 0.4) is 0 Å². The van der Waals surface area contributed by atoms with E-state index >= 15 is 0 Å². The molecular weight excluding hydrogens is 268 g/mol. The second-order valence-electron chi connectivity index (χ2n) is 5.57. The SMILES string of the molecule is CCC(CCCCCCCCCCC(=O)OC)C(=O)OC. The molecule has 0 saturated heterocycles. The van der Waals surface area contributed by atoms with Gasteiger partial charge in [0.25, 0.3) is 0 Å². The quantitative estimate of drug-likeness (QED) is 0.377. The van der Waals surface area contributed by atoms with E-state index < -0.39 is 0 Å². The largest absolute Gasteiger partial charge is 0.469 e. The van der Waals surface area contributed by atoms with Gasteiger partial charge in [-0.05, 0) is 19.3 Å². The van der Waals surface area contributed by atoms with Gasteiger partial charge in [0.1, 0.15) is 0 Å². The van der Waals surface area contributed by atoms with E-state index in [1.54, 1.807) is 0 Å². The molecule has 4 nitrogen and oxygen atoms in total. The van der Waals surface area contributed by atoms with Gasteiger partial charge in [-0.3, -0.25) is 9.59 Å².